The second kappa shape index (κ2) is 6.28. The van der Waals surface area contributed by atoms with Gasteiger partial charge in [-0.1, -0.05) is 42.5 Å². The molecule has 2 rings (SSSR count). The van der Waals surface area contributed by atoms with E-state index in [-0.39, 0.29) is 18.5 Å². The number of hydrogen-bond acceptors (Lipinski definition) is 2. The van der Waals surface area contributed by atoms with E-state index < -0.39 is 0 Å². The number of rotatable bonds is 5. The van der Waals surface area contributed by atoms with E-state index in [1.54, 1.807) is 12.1 Å². The molecule has 1 atom stereocenters. The summed E-state index contributed by atoms with van der Waals surface area (Å²) in [6, 6.07) is 16.0. The van der Waals surface area contributed by atoms with Crippen LogP contribution in [-0.4, -0.2) is 11.7 Å². The zero-order chi connectivity index (χ0) is 12.8. The van der Waals surface area contributed by atoms with Crippen LogP contribution in [0.1, 0.15) is 17.2 Å². The normalized spacial score (nSPS) is 12.3. The highest BCUT2D eigenvalue weighted by molar-refractivity contribution is 5.20. The van der Waals surface area contributed by atoms with Gasteiger partial charge in [-0.15, -0.1) is 0 Å². The van der Waals surface area contributed by atoms with Crippen molar-refractivity contribution in [3.8, 4) is 0 Å². The molecule has 94 valence electrons. The third-order valence-corrected chi connectivity index (χ3v) is 2.85. The van der Waals surface area contributed by atoms with Crippen LogP contribution in [0, 0.1) is 5.82 Å². The molecule has 0 spiro atoms. The standard InChI is InChI=1S/C15H16FNO/c16-14-8-6-12(7-9-14)10-17-15(11-18)13-4-2-1-3-5-13/h1-9,15,17-18H,10-11H2/t15-/m1/s1. The highest BCUT2D eigenvalue weighted by atomic mass is 19.1. The second-order valence-corrected chi connectivity index (χ2v) is 4.15. The van der Waals surface area contributed by atoms with Gasteiger partial charge in [0.1, 0.15) is 5.82 Å². The third-order valence-electron chi connectivity index (χ3n) is 2.85. The Morgan fingerprint density at radius 2 is 1.67 bits per heavy atom. The Labute approximate surface area is 106 Å². The molecule has 0 aromatic heterocycles. The molecule has 0 radical (unpaired) electrons. The van der Waals surface area contributed by atoms with Gasteiger partial charge in [0.25, 0.3) is 0 Å². The summed E-state index contributed by atoms with van der Waals surface area (Å²) in [7, 11) is 0. The highest BCUT2D eigenvalue weighted by Crippen LogP contribution is 2.12. The first-order chi connectivity index (χ1) is 8.79. The van der Waals surface area contributed by atoms with E-state index in [9.17, 15) is 9.50 Å². The van der Waals surface area contributed by atoms with Crippen LogP contribution in [0.3, 0.4) is 0 Å². The van der Waals surface area contributed by atoms with Crippen molar-refractivity contribution in [2.45, 2.75) is 12.6 Å². The van der Waals surface area contributed by atoms with Gasteiger partial charge < -0.3 is 10.4 Å². The smallest absolute Gasteiger partial charge is 0.123 e. The van der Waals surface area contributed by atoms with E-state index in [2.05, 4.69) is 5.32 Å². The van der Waals surface area contributed by atoms with Gasteiger partial charge in [0.2, 0.25) is 0 Å². The zero-order valence-corrected chi connectivity index (χ0v) is 10.0. The van der Waals surface area contributed by atoms with Crippen molar-refractivity contribution in [1.82, 2.24) is 5.32 Å². The van der Waals surface area contributed by atoms with Gasteiger partial charge in [0.05, 0.1) is 12.6 Å². The highest BCUT2D eigenvalue weighted by Gasteiger charge is 2.08. The van der Waals surface area contributed by atoms with Crippen molar-refractivity contribution in [2.75, 3.05) is 6.61 Å². The monoisotopic (exact) mass is 245 g/mol. The molecule has 3 heteroatoms. The molecule has 0 bridgehead atoms. The summed E-state index contributed by atoms with van der Waals surface area (Å²) in [4.78, 5) is 0. The summed E-state index contributed by atoms with van der Waals surface area (Å²) in [6.45, 7) is 0.631. The molecule has 0 unspecified atom stereocenters. The molecule has 0 aliphatic rings. The Kier molecular flexibility index (Phi) is 4.45. The lowest BCUT2D eigenvalue weighted by molar-refractivity contribution is 0.243. The molecular formula is C15H16FNO. The summed E-state index contributed by atoms with van der Waals surface area (Å²) in [5.41, 5.74) is 2.04. The molecular weight excluding hydrogens is 229 g/mol. The number of aliphatic hydroxyl groups excluding tert-OH is 1. The minimum atomic E-state index is -0.236. The number of halogens is 1. The van der Waals surface area contributed by atoms with E-state index in [4.69, 9.17) is 0 Å². The second-order valence-electron chi connectivity index (χ2n) is 4.15. The van der Waals surface area contributed by atoms with Gasteiger partial charge in [-0.2, -0.15) is 0 Å². The van der Waals surface area contributed by atoms with Crippen molar-refractivity contribution in [2.24, 2.45) is 0 Å². The maximum absolute atomic E-state index is 12.8. The van der Waals surface area contributed by atoms with Gasteiger partial charge in [-0.05, 0) is 23.3 Å². The Hall–Kier alpha value is -1.71. The first-order valence-corrected chi connectivity index (χ1v) is 5.93. The van der Waals surface area contributed by atoms with Gasteiger partial charge in [-0.3, -0.25) is 0 Å². The van der Waals surface area contributed by atoms with Crippen LogP contribution in [-0.2, 0) is 6.54 Å². The molecule has 0 fully saturated rings. The number of aliphatic hydroxyl groups is 1. The first-order valence-electron chi connectivity index (χ1n) is 5.93. The van der Waals surface area contributed by atoms with Crippen LogP contribution in [0.15, 0.2) is 54.6 Å². The lowest BCUT2D eigenvalue weighted by Gasteiger charge is -2.16. The predicted octanol–water partition coefficient (Wildman–Crippen LogP) is 2.65. The molecule has 0 amide bonds. The van der Waals surface area contributed by atoms with Gasteiger partial charge in [0.15, 0.2) is 0 Å². The molecule has 0 aliphatic carbocycles. The van der Waals surface area contributed by atoms with Crippen molar-refractivity contribution >= 4 is 0 Å². The van der Waals surface area contributed by atoms with E-state index in [1.807, 2.05) is 30.3 Å². The minimum absolute atomic E-state index is 0.0329. The Morgan fingerprint density at radius 3 is 2.28 bits per heavy atom. The fourth-order valence-electron chi connectivity index (χ4n) is 1.82. The van der Waals surface area contributed by atoms with Crippen molar-refractivity contribution in [3.63, 3.8) is 0 Å². The first kappa shape index (κ1) is 12.7. The molecule has 0 saturated heterocycles. The summed E-state index contributed by atoms with van der Waals surface area (Å²) < 4.78 is 12.8. The van der Waals surface area contributed by atoms with Crippen LogP contribution in [0.4, 0.5) is 4.39 Å². The average molecular weight is 245 g/mol. The molecule has 2 aromatic rings. The molecule has 2 N–H and O–H groups in total. The molecule has 18 heavy (non-hydrogen) atoms. The van der Waals surface area contributed by atoms with Gasteiger partial charge in [-0.25, -0.2) is 4.39 Å². The van der Waals surface area contributed by atoms with E-state index in [0.717, 1.165) is 11.1 Å². The fourth-order valence-corrected chi connectivity index (χ4v) is 1.82. The minimum Gasteiger partial charge on any atom is -0.394 e. The van der Waals surface area contributed by atoms with Crippen LogP contribution in [0.2, 0.25) is 0 Å². The largest absolute Gasteiger partial charge is 0.394 e. The van der Waals surface area contributed by atoms with E-state index in [0.29, 0.717) is 6.54 Å². The lowest BCUT2D eigenvalue weighted by atomic mass is 10.1. The van der Waals surface area contributed by atoms with Crippen molar-refractivity contribution < 1.29 is 9.50 Å². The topological polar surface area (TPSA) is 32.3 Å². The van der Waals surface area contributed by atoms with Crippen LogP contribution >= 0.6 is 0 Å². The summed E-state index contributed by atoms with van der Waals surface area (Å²) in [5, 5.41) is 12.6. The summed E-state index contributed by atoms with van der Waals surface area (Å²) in [6.07, 6.45) is 0. The molecule has 0 saturated carbocycles. The summed E-state index contributed by atoms with van der Waals surface area (Å²) >= 11 is 0. The predicted molar refractivity (Wildman–Crippen MR) is 69.5 cm³/mol. The Balaban J connectivity index is 1.97. The molecule has 0 heterocycles. The van der Waals surface area contributed by atoms with Crippen molar-refractivity contribution in [3.05, 3.63) is 71.5 Å². The number of hydrogen-bond donors (Lipinski definition) is 2. The van der Waals surface area contributed by atoms with Gasteiger partial charge >= 0.3 is 0 Å². The third kappa shape index (κ3) is 3.39. The Morgan fingerprint density at radius 1 is 1.00 bits per heavy atom. The van der Waals surface area contributed by atoms with E-state index >= 15 is 0 Å². The number of nitrogens with one attached hydrogen (secondary N) is 1. The SMILES string of the molecule is OC[C@@H](NCc1ccc(F)cc1)c1ccccc1. The van der Waals surface area contributed by atoms with Crippen LogP contribution in [0.5, 0.6) is 0 Å². The van der Waals surface area contributed by atoms with E-state index in [1.165, 1.54) is 12.1 Å². The van der Waals surface area contributed by atoms with Gasteiger partial charge in [0, 0.05) is 6.54 Å². The Bertz CT molecular complexity index is 470. The fraction of sp³-hybridized carbons (Fsp3) is 0.200. The average Bonchev–Trinajstić information content (AvgIpc) is 2.43. The maximum atomic E-state index is 12.8. The molecule has 2 aromatic carbocycles. The molecule has 0 aliphatic heterocycles. The quantitative estimate of drug-likeness (QED) is 0.848. The number of benzene rings is 2. The maximum Gasteiger partial charge on any atom is 0.123 e. The van der Waals surface area contributed by atoms with Crippen LogP contribution in [0.25, 0.3) is 0 Å². The zero-order valence-electron chi connectivity index (χ0n) is 10.0. The molecule has 2 nitrogen and oxygen atoms in total. The van der Waals surface area contributed by atoms with Crippen molar-refractivity contribution in [1.29, 1.82) is 0 Å². The lowest BCUT2D eigenvalue weighted by Crippen LogP contribution is -2.23. The summed E-state index contributed by atoms with van der Waals surface area (Å²) in [5.74, 6) is -0.236. The van der Waals surface area contributed by atoms with Crippen LogP contribution < -0.4 is 5.32 Å².